The van der Waals surface area contributed by atoms with Gasteiger partial charge in [-0.15, -0.1) is 0 Å². The Labute approximate surface area is 389 Å². The highest BCUT2D eigenvalue weighted by atomic mass is 35.5. The number of piperidine rings is 3. The third-order valence-corrected chi connectivity index (χ3v) is 14.1. The SMILES string of the molecule is CNC(=O)COc1cc2cc(Nc3nc(N4CCC(C(=O)N5CCN(C6CCN(c7ccc8c(c7)C(=O)N(C7CCC(=O)NC7=O)C8=O)CC6)CC5)CC4)ncc3Cl)cc3c2n(c1=O)CCO3. The van der Waals surface area contributed by atoms with Crippen molar-refractivity contribution in [1.29, 1.82) is 0 Å². The van der Waals surface area contributed by atoms with Crippen LogP contribution in [0, 0.1) is 5.92 Å². The fourth-order valence-electron chi connectivity index (χ4n) is 10.2. The zero-order valence-corrected chi connectivity index (χ0v) is 37.7. The number of rotatable bonds is 10. The Hall–Kier alpha value is -6.80. The topological polar surface area (TPSA) is 221 Å². The van der Waals surface area contributed by atoms with Crippen LogP contribution in [0.5, 0.6) is 11.5 Å². The summed E-state index contributed by atoms with van der Waals surface area (Å²) in [5, 5.41) is 9.00. The molecular weight excluding hydrogens is 886 g/mol. The van der Waals surface area contributed by atoms with E-state index in [4.69, 9.17) is 26.1 Å². The van der Waals surface area contributed by atoms with Gasteiger partial charge < -0.3 is 34.8 Å². The van der Waals surface area contributed by atoms with Gasteiger partial charge in [0, 0.05) is 101 Å². The Morgan fingerprint density at radius 3 is 2.36 bits per heavy atom. The van der Waals surface area contributed by atoms with Gasteiger partial charge in [-0.2, -0.15) is 4.98 Å². The Balaban J connectivity index is 0.707. The molecule has 2 aromatic carbocycles. The number of halogens is 1. The number of likely N-dealkylation sites (N-methyl/N-ethyl adjacent to an activating group) is 1. The first-order chi connectivity index (χ1) is 32.4. The fourth-order valence-corrected chi connectivity index (χ4v) is 10.3. The lowest BCUT2D eigenvalue weighted by Gasteiger charge is -2.44. The van der Waals surface area contributed by atoms with E-state index in [1.807, 2.05) is 17.0 Å². The molecule has 6 aliphatic heterocycles. The predicted octanol–water partition coefficient (Wildman–Crippen LogP) is 2.14. The Morgan fingerprint density at radius 2 is 1.61 bits per heavy atom. The lowest BCUT2D eigenvalue weighted by molar-refractivity contribution is -0.138. The summed E-state index contributed by atoms with van der Waals surface area (Å²) in [4.78, 5) is 109. The average molecular weight is 936 g/mol. The summed E-state index contributed by atoms with van der Waals surface area (Å²) in [5.74, 6) is -0.874. The predicted molar refractivity (Wildman–Crippen MR) is 245 cm³/mol. The van der Waals surface area contributed by atoms with Crippen LogP contribution < -0.4 is 40.8 Å². The van der Waals surface area contributed by atoms with Crippen molar-refractivity contribution in [3.63, 3.8) is 0 Å². The molecule has 6 amide bonds. The summed E-state index contributed by atoms with van der Waals surface area (Å²) in [5.41, 5.74) is 2.30. The summed E-state index contributed by atoms with van der Waals surface area (Å²) in [7, 11) is 1.50. The van der Waals surface area contributed by atoms with Crippen molar-refractivity contribution >= 4 is 81.1 Å². The number of amides is 6. The van der Waals surface area contributed by atoms with Crippen molar-refractivity contribution in [2.45, 2.75) is 57.2 Å². The van der Waals surface area contributed by atoms with Gasteiger partial charge >= 0.3 is 0 Å². The van der Waals surface area contributed by atoms with Crippen LogP contribution in [-0.2, 0) is 25.7 Å². The zero-order valence-electron chi connectivity index (χ0n) is 36.9. The van der Waals surface area contributed by atoms with Crippen LogP contribution >= 0.6 is 11.6 Å². The maximum atomic E-state index is 13.8. The summed E-state index contributed by atoms with van der Waals surface area (Å²) in [6, 6.07) is 9.86. The molecule has 10 rings (SSSR count). The minimum Gasteiger partial charge on any atom is -0.489 e. The molecule has 3 N–H and O–H groups in total. The Kier molecular flexibility index (Phi) is 11.9. The molecule has 350 valence electrons. The summed E-state index contributed by atoms with van der Waals surface area (Å²) in [6.07, 6.45) is 4.91. The number of aromatic nitrogens is 3. The number of nitrogens with one attached hydrogen (secondary N) is 3. The lowest BCUT2D eigenvalue weighted by atomic mass is 9.95. The normalized spacial score (nSPS) is 20.5. The number of carbonyl (C=O) groups excluding carboxylic acids is 6. The van der Waals surface area contributed by atoms with Crippen molar-refractivity contribution in [3.8, 4) is 11.5 Å². The Morgan fingerprint density at radius 1 is 0.866 bits per heavy atom. The van der Waals surface area contributed by atoms with Gasteiger partial charge in [0.25, 0.3) is 23.3 Å². The van der Waals surface area contributed by atoms with Gasteiger partial charge in [0.05, 0.1) is 29.4 Å². The van der Waals surface area contributed by atoms with Crippen LogP contribution in [0.2, 0.25) is 5.02 Å². The van der Waals surface area contributed by atoms with Gasteiger partial charge in [0.15, 0.2) is 18.2 Å². The maximum Gasteiger partial charge on any atom is 0.293 e. The quantitative estimate of drug-likeness (QED) is 0.194. The Bertz CT molecular complexity index is 2760. The second kappa shape index (κ2) is 18.1. The number of benzene rings is 2. The van der Waals surface area contributed by atoms with Gasteiger partial charge in [0.2, 0.25) is 23.7 Å². The van der Waals surface area contributed by atoms with Crippen LogP contribution in [-0.4, -0.2) is 149 Å². The number of imide groups is 2. The van der Waals surface area contributed by atoms with Gasteiger partial charge in [-0.1, -0.05) is 11.6 Å². The van der Waals surface area contributed by atoms with E-state index in [-0.39, 0.29) is 66.2 Å². The molecule has 4 saturated heterocycles. The number of nitrogens with zero attached hydrogens (tertiary/aromatic N) is 8. The number of hydrogen-bond donors (Lipinski definition) is 3. The molecule has 4 aromatic rings. The minimum absolute atomic E-state index is 0.0567. The van der Waals surface area contributed by atoms with Gasteiger partial charge in [0.1, 0.15) is 23.4 Å². The molecule has 67 heavy (non-hydrogen) atoms. The molecule has 4 fully saturated rings. The molecule has 0 radical (unpaired) electrons. The molecule has 21 heteroatoms. The van der Waals surface area contributed by atoms with E-state index < -0.39 is 29.7 Å². The number of piperazine rings is 1. The second-order valence-electron chi connectivity index (χ2n) is 17.7. The number of ether oxygens (including phenoxy) is 2. The zero-order chi connectivity index (χ0) is 46.5. The standard InChI is InChI=1S/C46H50ClN11O9/c1-48-38(60)25-67-36-21-27-20-28(22-35-39(27)57(45(36)65)18-19-66-35)50-40-33(47)24-49-46(52-40)56-10-6-26(7-11-56)42(62)55-16-14-54(15-17-55)29-8-12-53(13-9-29)30-2-3-31-32(23-30)44(64)58(43(31)63)34-4-5-37(59)51-41(34)61/h2-3,20-24,26,29,34H,4-19,25H2,1H3,(H,48,60)(H,49,50,52)(H,51,59,61). The van der Waals surface area contributed by atoms with E-state index in [1.165, 1.54) is 7.05 Å². The first kappa shape index (κ1) is 44.1. The lowest BCUT2D eigenvalue weighted by Crippen LogP contribution is -2.55. The molecule has 1 unspecified atom stereocenters. The largest absolute Gasteiger partial charge is 0.489 e. The summed E-state index contributed by atoms with van der Waals surface area (Å²) in [6.45, 7) is 6.02. The van der Waals surface area contributed by atoms with Crippen LogP contribution in [0.1, 0.15) is 59.2 Å². The number of carbonyl (C=O) groups is 6. The average Bonchev–Trinajstić information content (AvgIpc) is 3.59. The maximum absolute atomic E-state index is 13.8. The minimum atomic E-state index is -0.998. The van der Waals surface area contributed by atoms with E-state index in [1.54, 1.807) is 35.0 Å². The molecule has 6 aliphatic rings. The molecule has 1 atom stereocenters. The first-order valence-electron chi connectivity index (χ1n) is 22.8. The number of anilines is 4. The highest BCUT2D eigenvalue weighted by molar-refractivity contribution is 6.33. The molecule has 2 aromatic heterocycles. The van der Waals surface area contributed by atoms with Crippen molar-refractivity contribution in [2.75, 3.05) is 87.7 Å². The van der Waals surface area contributed by atoms with Crippen LogP contribution in [0.4, 0.5) is 23.1 Å². The van der Waals surface area contributed by atoms with Gasteiger partial charge in [-0.3, -0.25) is 53.2 Å². The molecule has 0 aliphatic carbocycles. The summed E-state index contributed by atoms with van der Waals surface area (Å²) < 4.78 is 13.1. The third kappa shape index (κ3) is 8.47. The molecule has 8 heterocycles. The van der Waals surface area contributed by atoms with Crippen LogP contribution in [0.15, 0.2) is 47.4 Å². The van der Waals surface area contributed by atoms with E-state index >= 15 is 0 Å². The third-order valence-electron chi connectivity index (χ3n) is 13.8. The highest BCUT2D eigenvalue weighted by Gasteiger charge is 2.45. The monoisotopic (exact) mass is 935 g/mol. The van der Waals surface area contributed by atoms with E-state index in [0.29, 0.717) is 90.7 Å². The smallest absolute Gasteiger partial charge is 0.293 e. The number of hydrogen-bond acceptors (Lipinski definition) is 15. The molecular formula is C46H50ClN11O9. The van der Waals surface area contributed by atoms with Gasteiger partial charge in [-0.25, -0.2) is 4.98 Å². The van der Waals surface area contributed by atoms with E-state index in [2.05, 4.69) is 35.6 Å². The molecule has 20 nitrogen and oxygen atoms in total. The van der Waals surface area contributed by atoms with Crippen LogP contribution in [0.3, 0.4) is 0 Å². The molecule has 0 saturated carbocycles. The van der Waals surface area contributed by atoms with Crippen molar-refractivity contribution in [3.05, 3.63) is 69.1 Å². The number of pyridine rings is 1. The van der Waals surface area contributed by atoms with Gasteiger partial charge in [-0.05, 0) is 62.4 Å². The van der Waals surface area contributed by atoms with Crippen LogP contribution in [0.25, 0.3) is 10.9 Å². The molecule has 0 bridgehead atoms. The van der Waals surface area contributed by atoms with Crippen molar-refractivity contribution in [1.82, 2.24) is 39.9 Å². The second-order valence-corrected chi connectivity index (χ2v) is 18.1. The first-order valence-corrected chi connectivity index (χ1v) is 23.2. The van der Waals surface area contributed by atoms with Crippen molar-refractivity contribution in [2.24, 2.45) is 5.92 Å². The van der Waals surface area contributed by atoms with Crippen molar-refractivity contribution < 1.29 is 38.2 Å². The van der Waals surface area contributed by atoms with E-state index in [0.717, 1.165) is 49.6 Å². The fraction of sp³-hybridized carbons (Fsp3) is 0.457. The number of fused-ring (bicyclic) bond motifs is 1. The van der Waals surface area contributed by atoms with E-state index in [9.17, 15) is 33.6 Å². The summed E-state index contributed by atoms with van der Waals surface area (Å²) >= 11 is 6.61. The molecule has 0 spiro atoms. The highest BCUT2D eigenvalue weighted by Crippen LogP contribution is 2.37.